The first-order valence-electron chi connectivity index (χ1n) is 4.10. The zero-order valence-electron chi connectivity index (χ0n) is 6.25. The van der Waals surface area contributed by atoms with Crippen molar-refractivity contribution >= 4 is 12.4 Å². The molecule has 0 aromatic rings. The Morgan fingerprint density at radius 1 is 1.20 bits per heavy atom. The summed E-state index contributed by atoms with van der Waals surface area (Å²) in [7, 11) is 0. The first-order valence-corrected chi connectivity index (χ1v) is 4.10. The predicted octanol–water partition coefficient (Wildman–Crippen LogP) is 1.80. The van der Waals surface area contributed by atoms with Crippen molar-refractivity contribution in [3.63, 3.8) is 0 Å². The van der Waals surface area contributed by atoms with Gasteiger partial charge in [0.2, 0.25) is 0 Å². The van der Waals surface area contributed by atoms with Crippen molar-refractivity contribution in [2.24, 2.45) is 23.5 Å². The lowest BCUT2D eigenvalue weighted by atomic mass is 9.89. The lowest BCUT2D eigenvalue weighted by Crippen LogP contribution is -2.19. The summed E-state index contributed by atoms with van der Waals surface area (Å²) in [6.45, 7) is 0.946. The van der Waals surface area contributed by atoms with E-state index in [1.165, 1.54) is 25.7 Å². The summed E-state index contributed by atoms with van der Waals surface area (Å²) >= 11 is 0. The summed E-state index contributed by atoms with van der Waals surface area (Å²) in [5.41, 5.74) is 5.62. The number of hydrogen-bond donors (Lipinski definition) is 1. The third-order valence-corrected chi connectivity index (χ3v) is 3.19. The summed E-state index contributed by atoms with van der Waals surface area (Å²) in [4.78, 5) is 0. The van der Waals surface area contributed by atoms with Crippen LogP contribution in [0.2, 0.25) is 0 Å². The SMILES string of the molecule is Cl.NCC1C[C@@H]2CC[C@H]1C2. The third kappa shape index (κ3) is 1.17. The Morgan fingerprint density at radius 3 is 2.30 bits per heavy atom. The molecule has 0 spiro atoms. The molecule has 10 heavy (non-hydrogen) atoms. The van der Waals surface area contributed by atoms with Gasteiger partial charge in [0.15, 0.2) is 0 Å². The van der Waals surface area contributed by atoms with Crippen LogP contribution in [0.1, 0.15) is 25.7 Å². The average Bonchev–Trinajstić information content (AvgIpc) is 2.45. The standard InChI is InChI=1S/C8H15N.ClH/c9-5-8-4-6-1-2-7(8)3-6;/h6-8H,1-5,9H2;1H/t6-,7+,8?;/m1./s1. The van der Waals surface area contributed by atoms with E-state index < -0.39 is 0 Å². The van der Waals surface area contributed by atoms with Crippen LogP contribution in [-0.4, -0.2) is 6.54 Å². The van der Waals surface area contributed by atoms with E-state index in [0.29, 0.717) is 0 Å². The molecule has 60 valence electrons. The largest absolute Gasteiger partial charge is 0.330 e. The average molecular weight is 162 g/mol. The molecule has 0 amide bonds. The fourth-order valence-corrected chi connectivity index (χ4v) is 2.67. The molecule has 2 rings (SSSR count). The van der Waals surface area contributed by atoms with Gasteiger partial charge in [-0.15, -0.1) is 12.4 Å². The second kappa shape index (κ2) is 3.10. The highest BCUT2D eigenvalue weighted by atomic mass is 35.5. The van der Waals surface area contributed by atoms with Gasteiger partial charge in [-0.1, -0.05) is 6.42 Å². The lowest BCUT2D eigenvalue weighted by Gasteiger charge is -2.18. The minimum absolute atomic E-state index is 0. The Hall–Kier alpha value is 0.250. The van der Waals surface area contributed by atoms with E-state index in [1.807, 2.05) is 0 Å². The third-order valence-electron chi connectivity index (χ3n) is 3.19. The van der Waals surface area contributed by atoms with Crippen molar-refractivity contribution in [3.05, 3.63) is 0 Å². The fourth-order valence-electron chi connectivity index (χ4n) is 2.67. The van der Waals surface area contributed by atoms with E-state index >= 15 is 0 Å². The molecule has 3 atom stereocenters. The number of hydrogen-bond acceptors (Lipinski definition) is 1. The van der Waals surface area contributed by atoms with Crippen LogP contribution in [0.25, 0.3) is 0 Å². The molecule has 2 heteroatoms. The first kappa shape index (κ1) is 8.35. The zero-order chi connectivity index (χ0) is 6.27. The maximum Gasteiger partial charge on any atom is -0.00461 e. The molecule has 2 saturated carbocycles. The molecule has 0 heterocycles. The van der Waals surface area contributed by atoms with Crippen molar-refractivity contribution < 1.29 is 0 Å². The van der Waals surface area contributed by atoms with Crippen LogP contribution in [-0.2, 0) is 0 Å². The van der Waals surface area contributed by atoms with E-state index in [0.717, 1.165) is 24.3 Å². The smallest absolute Gasteiger partial charge is 0.00461 e. The van der Waals surface area contributed by atoms with E-state index in [4.69, 9.17) is 5.73 Å². The molecule has 0 radical (unpaired) electrons. The van der Waals surface area contributed by atoms with Crippen LogP contribution in [0.4, 0.5) is 0 Å². The van der Waals surface area contributed by atoms with Crippen LogP contribution < -0.4 is 5.73 Å². The Morgan fingerprint density at radius 2 is 2.00 bits per heavy atom. The Labute approximate surface area is 68.8 Å². The van der Waals surface area contributed by atoms with E-state index in [9.17, 15) is 0 Å². The van der Waals surface area contributed by atoms with Crippen LogP contribution in [0.15, 0.2) is 0 Å². The zero-order valence-corrected chi connectivity index (χ0v) is 7.07. The van der Waals surface area contributed by atoms with Gasteiger partial charge in [-0.2, -0.15) is 0 Å². The van der Waals surface area contributed by atoms with Crippen molar-refractivity contribution in [1.29, 1.82) is 0 Å². The highest BCUT2D eigenvalue weighted by Crippen LogP contribution is 2.47. The van der Waals surface area contributed by atoms with Gasteiger partial charge in [0.05, 0.1) is 0 Å². The van der Waals surface area contributed by atoms with Gasteiger partial charge in [-0.3, -0.25) is 0 Å². The first-order chi connectivity index (χ1) is 4.40. The second-order valence-corrected chi connectivity index (χ2v) is 3.67. The molecule has 2 aliphatic carbocycles. The Bertz CT molecular complexity index is 116. The normalized spacial score (nSPS) is 43.5. The summed E-state index contributed by atoms with van der Waals surface area (Å²) in [6, 6.07) is 0. The van der Waals surface area contributed by atoms with Crippen LogP contribution >= 0.6 is 12.4 Å². The van der Waals surface area contributed by atoms with Crippen molar-refractivity contribution in [1.82, 2.24) is 0 Å². The molecule has 0 aromatic carbocycles. The van der Waals surface area contributed by atoms with E-state index in [2.05, 4.69) is 0 Å². The lowest BCUT2D eigenvalue weighted by molar-refractivity contribution is 0.341. The predicted molar refractivity (Wildman–Crippen MR) is 45.2 cm³/mol. The highest BCUT2D eigenvalue weighted by Gasteiger charge is 2.38. The van der Waals surface area contributed by atoms with Gasteiger partial charge < -0.3 is 5.73 Å². The maximum atomic E-state index is 5.62. The molecule has 1 nitrogen and oxygen atoms in total. The van der Waals surface area contributed by atoms with E-state index in [1.54, 1.807) is 0 Å². The Balaban J connectivity index is 0.000000500. The number of rotatable bonds is 1. The molecule has 0 saturated heterocycles. The fraction of sp³-hybridized carbons (Fsp3) is 1.00. The molecule has 2 bridgehead atoms. The van der Waals surface area contributed by atoms with Gasteiger partial charge in [0.25, 0.3) is 0 Å². The summed E-state index contributed by atoms with van der Waals surface area (Å²) in [6.07, 6.45) is 5.93. The molecule has 2 fully saturated rings. The minimum Gasteiger partial charge on any atom is -0.330 e. The second-order valence-electron chi connectivity index (χ2n) is 3.67. The maximum absolute atomic E-state index is 5.62. The monoisotopic (exact) mass is 161 g/mol. The van der Waals surface area contributed by atoms with Gasteiger partial charge in [0.1, 0.15) is 0 Å². The minimum atomic E-state index is 0. The van der Waals surface area contributed by atoms with Gasteiger partial charge in [-0.25, -0.2) is 0 Å². The number of nitrogens with two attached hydrogens (primary N) is 1. The molecular formula is C8H16ClN. The highest BCUT2D eigenvalue weighted by molar-refractivity contribution is 5.85. The van der Waals surface area contributed by atoms with Crippen molar-refractivity contribution in [2.75, 3.05) is 6.54 Å². The van der Waals surface area contributed by atoms with Crippen LogP contribution in [0.3, 0.4) is 0 Å². The van der Waals surface area contributed by atoms with Crippen molar-refractivity contribution in [2.45, 2.75) is 25.7 Å². The number of halogens is 1. The van der Waals surface area contributed by atoms with Gasteiger partial charge in [-0.05, 0) is 43.6 Å². The van der Waals surface area contributed by atoms with Crippen LogP contribution in [0, 0.1) is 17.8 Å². The molecule has 1 unspecified atom stereocenters. The Kier molecular flexibility index (Phi) is 2.59. The molecule has 2 N–H and O–H groups in total. The quantitative estimate of drug-likeness (QED) is 0.624. The van der Waals surface area contributed by atoms with E-state index in [-0.39, 0.29) is 12.4 Å². The molecule has 2 aliphatic rings. The number of fused-ring (bicyclic) bond motifs is 2. The van der Waals surface area contributed by atoms with Gasteiger partial charge in [0, 0.05) is 0 Å². The summed E-state index contributed by atoms with van der Waals surface area (Å²) < 4.78 is 0. The topological polar surface area (TPSA) is 26.0 Å². The summed E-state index contributed by atoms with van der Waals surface area (Å²) in [5, 5.41) is 0. The molecule has 0 aromatic heterocycles. The molecular weight excluding hydrogens is 146 g/mol. The van der Waals surface area contributed by atoms with Crippen molar-refractivity contribution in [3.8, 4) is 0 Å². The summed E-state index contributed by atoms with van der Waals surface area (Å²) in [5.74, 6) is 3.01. The van der Waals surface area contributed by atoms with Gasteiger partial charge >= 0.3 is 0 Å². The van der Waals surface area contributed by atoms with Crippen LogP contribution in [0.5, 0.6) is 0 Å². The molecule has 0 aliphatic heterocycles.